The lowest BCUT2D eigenvalue weighted by Gasteiger charge is -2.35. The molecular weight excluding hydrogens is 594 g/mol. The zero-order chi connectivity index (χ0) is 32.8. The summed E-state index contributed by atoms with van der Waals surface area (Å²) in [5.41, 5.74) is 3.49. The second kappa shape index (κ2) is 15.1. The Morgan fingerprint density at radius 1 is 0.872 bits per heavy atom. The summed E-state index contributed by atoms with van der Waals surface area (Å²) in [5.74, 6) is 2.01. The number of hydrogen-bond donors (Lipinski definition) is 0. The van der Waals surface area contributed by atoms with Gasteiger partial charge in [-0.05, 0) is 56.2 Å². The van der Waals surface area contributed by atoms with Crippen LogP contribution >= 0.6 is 0 Å². The van der Waals surface area contributed by atoms with Gasteiger partial charge in [0.1, 0.15) is 17.3 Å². The highest BCUT2D eigenvalue weighted by molar-refractivity contribution is 5.78. The molecule has 0 saturated carbocycles. The largest absolute Gasteiger partial charge is 0.488 e. The molecule has 2 aliphatic heterocycles. The molecular formula is C37H45N5O5. The third-order valence-corrected chi connectivity index (χ3v) is 8.80. The molecule has 2 saturated heterocycles. The zero-order valence-electron chi connectivity index (χ0n) is 27.7. The highest BCUT2D eigenvalue weighted by Crippen LogP contribution is 2.31. The fourth-order valence-electron chi connectivity index (χ4n) is 6.19. The Bertz CT molecular complexity index is 1720. The van der Waals surface area contributed by atoms with Gasteiger partial charge in [0.15, 0.2) is 6.61 Å². The van der Waals surface area contributed by atoms with Gasteiger partial charge in [-0.3, -0.25) is 24.0 Å². The van der Waals surface area contributed by atoms with E-state index >= 15 is 0 Å². The standard InChI is InChI=1S/C37H45N5O5/c1-4-28-12-14-30(15-13-28)46-26-35(43)41-18-16-39(17-19-41)25-34-38-32-10-6-5-9-31(32)37(44)42(34)33-11-7-8-29(36(33)47-27(2)3)24-40-20-22-45-23-21-40/h5-15,27H,4,16-26H2,1-3H3. The van der Waals surface area contributed by atoms with Crippen molar-refractivity contribution >= 4 is 16.8 Å². The van der Waals surface area contributed by atoms with Crippen molar-refractivity contribution in [1.29, 1.82) is 0 Å². The number of amides is 1. The number of aryl methyl sites for hydroxylation is 1. The average molecular weight is 640 g/mol. The third-order valence-electron chi connectivity index (χ3n) is 8.80. The summed E-state index contributed by atoms with van der Waals surface area (Å²) in [6, 6.07) is 21.4. The van der Waals surface area contributed by atoms with E-state index in [9.17, 15) is 9.59 Å². The summed E-state index contributed by atoms with van der Waals surface area (Å²) in [6.07, 6.45) is 0.875. The number of morpholine rings is 1. The Morgan fingerprint density at radius 3 is 2.32 bits per heavy atom. The molecule has 10 nitrogen and oxygen atoms in total. The minimum absolute atomic E-state index is 0.0106. The summed E-state index contributed by atoms with van der Waals surface area (Å²) in [5, 5.41) is 0.560. The number of carbonyl (C=O) groups excluding carboxylic acids is 1. The number of benzene rings is 3. The molecule has 0 radical (unpaired) electrons. The Kier molecular flexibility index (Phi) is 10.5. The Hall–Kier alpha value is -4.25. The van der Waals surface area contributed by atoms with Crippen LogP contribution in [0.5, 0.6) is 11.5 Å². The molecule has 248 valence electrons. The normalized spacial score (nSPS) is 16.1. The van der Waals surface area contributed by atoms with Crippen LogP contribution in [0.25, 0.3) is 16.6 Å². The molecule has 47 heavy (non-hydrogen) atoms. The fraction of sp³-hybridized carbons (Fsp3) is 0.432. The van der Waals surface area contributed by atoms with Crippen molar-refractivity contribution in [3.8, 4) is 17.2 Å². The molecule has 3 heterocycles. The van der Waals surface area contributed by atoms with Crippen LogP contribution in [-0.4, -0.2) is 95.4 Å². The average Bonchev–Trinajstić information content (AvgIpc) is 3.09. The summed E-state index contributed by atoms with van der Waals surface area (Å²) >= 11 is 0. The summed E-state index contributed by atoms with van der Waals surface area (Å²) in [4.78, 5) is 38.7. The van der Waals surface area contributed by atoms with Crippen molar-refractivity contribution in [3.63, 3.8) is 0 Å². The van der Waals surface area contributed by atoms with Gasteiger partial charge >= 0.3 is 0 Å². The van der Waals surface area contributed by atoms with Crippen LogP contribution < -0.4 is 15.0 Å². The van der Waals surface area contributed by atoms with Gasteiger partial charge in [0, 0.05) is 51.4 Å². The van der Waals surface area contributed by atoms with E-state index in [1.165, 1.54) is 5.56 Å². The van der Waals surface area contributed by atoms with Gasteiger partial charge in [-0.1, -0.05) is 43.3 Å². The highest BCUT2D eigenvalue weighted by Gasteiger charge is 2.25. The van der Waals surface area contributed by atoms with E-state index in [1.807, 2.05) is 79.4 Å². The van der Waals surface area contributed by atoms with Crippen molar-refractivity contribution in [2.75, 3.05) is 59.1 Å². The van der Waals surface area contributed by atoms with Crippen LogP contribution in [0.3, 0.4) is 0 Å². The monoisotopic (exact) mass is 639 g/mol. The molecule has 1 aromatic heterocycles. The molecule has 2 aliphatic rings. The molecule has 4 aromatic rings. The van der Waals surface area contributed by atoms with Gasteiger partial charge in [0.25, 0.3) is 11.5 Å². The number of aromatic nitrogens is 2. The maximum absolute atomic E-state index is 14.3. The first-order valence-electron chi connectivity index (χ1n) is 16.7. The van der Waals surface area contributed by atoms with E-state index in [0.717, 1.165) is 25.1 Å². The van der Waals surface area contributed by atoms with Gasteiger partial charge in [-0.25, -0.2) is 4.98 Å². The maximum atomic E-state index is 14.3. The molecule has 1 amide bonds. The molecule has 0 bridgehead atoms. The zero-order valence-corrected chi connectivity index (χ0v) is 27.7. The van der Waals surface area contributed by atoms with Crippen LogP contribution in [0.2, 0.25) is 0 Å². The second-order valence-electron chi connectivity index (χ2n) is 12.4. The van der Waals surface area contributed by atoms with Crippen molar-refractivity contribution in [2.24, 2.45) is 0 Å². The first-order valence-corrected chi connectivity index (χ1v) is 16.7. The lowest BCUT2D eigenvalue weighted by Crippen LogP contribution is -2.50. The van der Waals surface area contributed by atoms with Crippen LogP contribution in [0.1, 0.15) is 37.7 Å². The number of nitrogens with zero attached hydrogens (tertiary/aromatic N) is 5. The fourth-order valence-corrected chi connectivity index (χ4v) is 6.19. The number of carbonyl (C=O) groups is 1. The van der Waals surface area contributed by atoms with E-state index < -0.39 is 0 Å². The quantitative estimate of drug-likeness (QED) is 0.240. The van der Waals surface area contributed by atoms with Gasteiger partial charge in [-0.15, -0.1) is 0 Å². The van der Waals surface area contributed by atoms with Crippen LogP contribution in [0, 0.1) is 0 Å². The summed E-state index contributed by atoms with van der Waals surface area (Å²) < 4.78 is 19.6. The minimum Gasteiger partial charge on any atom is -0.488 e. The Morgan fingerprint density at radius 2 is 1.60 bits per heavy atom. The molecule has 0 atom stereocenters. The number of para-hydroxylation sites is 2. The summed E-state index contributed by atoms with van der Waals surface area (Å²) in [6.45, 7) is 12.9. The van der Waals surface area contributed by atoms with Crippen LogP contribution in [-0.2, 0) is 29.0 Å². The Balaban J connectivity index is 1.23. The number of rotatable bonds is 11. The highest BCUT2D eigenvalue weighted by atomic mass is 16.5. The molecule has 0 N–H and O–H groups in total. The van der Waals surface area contributed by atoms with Gasteiger partial charge in [0.05, 0.1) is 42.5 Å². The first-order chi connectivity index (χ1) is 22.9. The van der Waals surface area contributed by atoms with Crippen molar-refractivity contribution in [2.45, 2.75) is 46.4 Å². The second-order valence-corrected chi connectivity index (χ2v) is 12.4. The SMILES string of the molecule is CCc1ccc(OCC(=O)N2CCN(Cc3nc4ccccc4c(=O)n3-c3cccc(CN4CCOCC4)c3OC(C)C)CC2)cc1. The topological polar surface area (TPSA) is 89.4 Å². The number of hydrogen-bond acceptors (Lipinski definition) is 8. The number of piperazine rings is 1. The van der Waals surface area contributed by atoms with E-state index in [1.54, 1.807) is 4.57 Å². The van der Waals surface area contributed by atoms with Gasteiger partial charge in [-0.2, -0.15) is 0 Å². The van der Waals surface area contributed by atoms with Crippen molar-refractivity contribution < 1.29 is 19.0 Å². The number of fused-ring (bicyclic) bond motifs is 1. The molecule has 10 heteroatoms. The molecule has 2 fully saturated rings. The maximum Gasteiger partial charge on any atom is 0.266 e. The molecule has 6 rings (SSSR count). The number of ether oxygens (including phenoxy) is 3. The molecule has 0 unspecified atom stereocenters. The molecule has 3 aromatic carbocycles. The predicted octanol–water partition coefficient (Wildman–Crippen LogP) is 4.29. The first kappa shape index (κ1) is 32.7. The van der Waals surface area contributed by atoms with Crippen LogP contribution in [0.4, 0.5) is 0 Å². The van der Waals surface area contributed by atoms with Crippen molar-refractivity contribution in [1.82, 2.24) is 24.3 Å². The summed E-state index contributed by atoms with van der Waals surface area (Å²) in [7, 11) is 0. The van der Waals surface area contributed by atoms with E-state index in [4.69, 9.17) is 19.2 Å². The van der Waals surface area contributed by atoms with E-state index in [-0.39, 0.29) is 24.2 Å². The smallest absolute Gasteiger partial charge is 0.266 e. The molecule has 0 aliphatic carbocycles. The molecule has 0 spiro atoms. The lowest BCUT2D eigenvalue weighted by molar-refractivity contribution is -0.135. The minimum atomic E-state index is -0.124. The van der Waals surface area contributed by atoms with Crippen LogP contribution in [0.15, 0.2) is 71.5 Å². The van der Waals surface area contributed by atoms with E-state index in [0.29, 0.717) is 86.4 Å². The van der Waals surface area contributed by atoms with Gasteiger partial charge in [0.2, 0.25) is 0 Å². The third kappa shape index (κ3) is 7.84. The lowest BCUT2D eigenvalue weighted by atomic mass is 10.1. The van der Waals surface area contributed by atoms with Gasteiger partial charge < -0.3 is 19.1 Å². The Labute approximate surface area is 276 Å². The van der Waals surface area contributed by atoms with E-state index in [2.05, 4.69) is 22.8 Å². The van der Waals surface area contributed by atoms with Crippen molar-refractivity contribution in [3.05, 3.63) is 94.0 Å². The predicted molar refractivity (Wildman–Crippen MR) is 182 cm³/mol.